The van der Waals surface area contributed by atoms with Crippen molar-refractivity contribution in [1.82, 2.24) is 10.2 Å². The number of carboxylic acids is 1. The Morgan fingerprint density at radius 3 is 2.53 bits per heavy atom. The largest absolute Gasteiger partial charge is 0.477 e. The lowest BCUT2D eigenvalue weighted by Gasteiger charge is -2.18. The van der Waals surface area contributed by atoms with E-state index in [4.69, 9.17) is 5.11 Å². The van der Waals surface area contributed by atoms with Gasteiger partial charge in [-0.25, -0.2) is 4.79 Å². The summed E-state index contributed by atoms with van der Waals surface area (Å²) >= 11 is 1.26. The minimum atomic E-state index is -0.895. The zero-order valence-electron chi connectivity index (χ0n) is 11.3. The Kier molecular flexibility index (Phi) is 6.52. The zero-order valence-corrected chi connectivity index (χ0v) is 12.1. The Morgan fingerprint density at radius 2 is 2.00 bits per heavy atom. The minimum Gasteiger partial charge on any atom is -0.477 e. The number of rotatable bonds is 8. The van der Waals surface area contributed by atoms with E-state index in [0.29, 0.717) is 24.4 Å². The van der Waals surface area contributed by atoms with Crippen molar-refractivity contribution in [3.05, 3.63) is 21.9 Å². The van der Waals surface area contributed by atoms with Crippen LogP contribution < -0.4 is 5.32 Å². The summed E-state index contributed by atoms with van der Waals surface area (Å²) in [6.07, 6.45) is 0.471. The van der Waals surface area contributed by atoms with Crippen LogP contribution in [-0.4, -0.2) is 41.5 Å². The molecule has 0 atom stereocenters. The average molecular weight is 284 g/mol. The Balaban J connectivity index is 2.27. The number of hydrogen-bond acceptors (Lipinski definition) is 4. The predicted molar refractivity (Wildman–Crippen MR) is 75.5 cm³/mol. The summed E-state index contributed by atoms with van der Waals surface area (Å²) in [6.45, 7) is 6.62. The Hall–Kier alpha value is -1.40. The number of aromatic carboxylic acids is 1. The van der Waals surface area contributed by atoms with Crippen LogP contribution in [0.1, 0.15) is 34.8 Å². The fraction of sp³-hybridized carbons (Fsp3) is 0.538. The molecule has 0 radical (unpaired) electrons. The summed E-state index contributed by atoms with van der Waals surface area (Å²) in [5, 5.41) is 12.0. The minimum absolute atomic E-state index is 0.148. The highest BCUT2D eigenvalue weighted by Crippen LogP contribution is 2.15. The number of amides is 1. The maximum absolute atomic E-state index is 11.7. The molecule has 1 aromatic rings. The molecule has 5 nitrogen and oxygen atoms in total. The van der Waals surface area contributed by atoms with Crippen LogP contribution in [0.3, 0.4) is 0 Å². The zero-order chi connectivity index (χ0) is 14.3. The van der Waals surface area contributed by atoms with Crippen LogP contribution in [0, 0.1) is 0 Å². The van der Waals surface area contributed by atoms with Gasteiger partial charge in [0.2, 0.25) is 5.91 Å². The van der Waals surface area contributed by atoms with Crippen molar-refractivity contribution < 1.29 is 14.7 Å². The SMILES string of the molecule is CCN(CC)C(=O)CCNCc1ccc(C(=O)O)s1. The molecule has 0 aliphatic carbocycles. The molecule has 1 amide bonds. The first-order valence-electron chi connectivity index (χ1n) is 6.39. The number of carboxylic acid groups (broad SMARTS) is 1. The maximum Gasteiger partial charge on any atom is 0.345 e. The van der Waals surface area contributed by atoms with Crippen molar-refractivity contribution in [3.8, 4) is 0 Å². The van der Waals surface area contributed by atoms with Gasteiger partial charge in [0.1, 0.15) is 4.88 Å². The van der Waals surface area contributed by atoms with Gasteiger partial charge in [-0.3, -0.25) is 4.79 Å². The van der Waals surface area contributed by atoms with Gasteiger partial charge < -0.3 is 15.3 Å². The van der Waals surface area contributed by atoms with E-state index in [9.17, 15) is 9.59 Å². The third kappa shape index (κ3) is 5.00. The fourth-order valence-electron chi connectivity index (χ4n) is 1.73. The molecule has 0 aliphatic heterocycles. The van der Waals surface area contributed by atoms with E-state index in [1.54, 1.807) is 17.0 Å². The normalized spacial score (nSPS) is 10.4. The van der Waals surface area contributed by atoms with Gasteiger partial charge in [-0.2, -0.15) is 0 Å². The molecule has 0 saturated heterocycles. The van der Waals surface area contributed by atoms with Crippen LogP contribution in [0.2, 0.25) is 0 Å². The van der Waals surface area contributed by atoms with Crippen molar-refractivity contribution in [2.24, 2.45) is 0 Å². The van der Waals surface area contributed by atoms with Gasteiger partial charge in [0.05, 0.1) is 0 Å². The first-order valence-corrected chi connectivity index (χ1v) is 7.20. The summed E-state index contributed by atoms with van der Waals surface area (Å²) < 4.78 is 0. The standard InChI is InChI=1S/C13H20N2O3S/c1-3-15(4-2)12(16)7-8-14-9-10-5-6-11(19-10)13(17)18/h5-6,14H,3-4,7-9H2,1-2H3,(H,17,18). The molecule has 0 bridgehead atoms. The highest BCUT2D eigenvalue weighted by molar-refractivity contribution is 7.13. The lowest BCUT2D eigenvalue weighted by atomic mass is 10.3. The molecule has 19 heavy (non-hydrogen) atoms. The molecule has 0 saturated carbocycles. The second kappa shape index (κ2) is 7.91. The van der Waals surface area contributed by atoms with Crippen molar-refractivity contribution in [3.63, 3.8) is 0 Å². The molecule has 0 spiro atoms. The Bertz CT molecular complexity index is 427. The third-order valence-corrected chi connectivity index (χ3v) is 3.88. The van der Waals surface area contributed by atoms with Gasteiger partial charge in [0.15, 0.2) is 0 Å². The molecule has 1 heterocycles. The summed E-state index contributed by atoms with van der Waals surface area (Å²) in [7, 11) is 0. The number of thiophene rings is 1. The third-order valence-electron chi connectivity index (χ3n) is 2.80. The first-order chi connectivity index (χ1) is 9.08. The fourth-order valence-corrected chi connectivity index (χ4v) is 2.55. The van der Waals surface area contributed by atoms with Gasteiger partial charge in [-0.15, -0.1) is 11.3 Å². The predicted octanol–water partition coefficient (Wildman–Crippen LogP) is 1.79. The van der Waals surface area contributed by atoms with E-state index < -0.39 is 5.97 Å². The lowest BCUT2D eigenvalue weighted by Crippen LogP contribution is -2.32. The number of carbonyl (C=O) groups excluding carboxylic acids is 1. The van der Waals surface area contributed by atoms with Gasteiger partial charge >= 0.3 is 5.97 Å². The molecule has 6 heteroatoms. The van der Waals surface area contributed by atoms with Crippen molar-refractivity contribution in [1.29, 1.82) is 0 Å². The number of hydrogen-bond donors (Lipinski definition) is 2. The van der Waals surface area contributed by atoms with E-state index in [2.05, 4.69) is 5.32 Å². The summed E-state index contributed by atoms with van der Waals surface area (Å²) in [5.41, 5.74) is 0. The van der Waals surface area contributed by atoms with Crippen LogP contribution in [0.25, 0.3) is 0 Å². The second-order valence-corrected chi connectivity index (χ2v) is 5.23. The average Bonchev–Trinajstić information content (AvgIpc) is 2.85. The maximum atomic E-state index is 11.7. The van der Waals surface area contributed by atoms with Gasteiger partial charge in [-0.05, 0) is 26.0 Å². The number of nitrogens with zero attached hydrogens (tertiary/aromatic N) is 1. The van der Waals surface area contributed by atoms with Crippen LogP contribution in [0.5, 0.6) is 0 Å². The van der Waals surface area contributed by atoms with E-state index >= 15 is 0 Å². The first kappa shape index (κ1) is 15.7. The highest BCUT2D eigenvalue weighted by Gasteiger charge is 2.09. The van der Waals surface area contributed by atoms with Gasteiger partial charge in [0, 0.05) is 37.5 Å². The Morgan fingerprint density at radius 1 is 1.32 bits per heavy atom. The van der Waals surface area contributed by atoms with E-state index in [-0.39, 0.29) is 5.91 Å². The Labute approximate surface area is 117 Å². The molecule has 1 rings (SSSR count). The molecule has 1 aromatic heterocycles. The topological polar surface area (TPSA) is 69.6 Å². The number of nitrogens with one attached hydrogen (secondary N) is 1. The molecular weight excluding hydrogens is 264 g/mol. The van der Waals surface area contributed by atoms with Crippen LogP contribution in [-0.2, 0) is 11.3 Å². The second-order valence-electron chi connectivity index (χ2n) is 4.06. The smallest absolute Gasteiger partial charge is 0.345 e. The molecule has 0 fully saturated rings. The molecule has 106 valence electrons. The quantitative estimate of drug-likeness (QED) is 0.714. The van der Waals surface area contributed by atoms with Crippen LogP contribution in [0.15, 0.2) is 12.1 Å². The summed E-state index contributed by atoms with van der Waals surface area (Å²) in [6, 6.07) is 3.40. The molecule has 0 unspecified atom stereocenters. The van der Waals surface area contributed by atoms with Crippen molar-refractivity contribution in [2.75, 3.05) is 19.6 Å². The monoisotopic (exact) mass is 284 g/mol. The van der Waals surface area contributed by atoms with Crippen molar-refractivity contribution in [2.45, 2.75) is 26.8 Å². The molecular formula is C13H20N2O3S. The van der Waals surface area contributed by atoms with Gasteiger partial charge in [0.25, 0.3) is 0 Å². The molecule has 0 aromatic carbocycles. The van der Waals surface area contributed by atoms with Crippen LogP contribution in [0.4, 0.5) is 0 Å². The van der Waals surface area contributed by atoms with Gasteiger partial charge in [-0.1, -0.05) is 0 Å². The van der Waals surface area contributed by atoms with Crippen molar-refractivity contribution >= 4 is 23.2 Å². The molecule has 0 aliphatic rings. The number of carbonyl (C=O) groups is 2. The molecule has 2 N–H and O–H groups in total. The summed E-state index contributed by atoms with van der Waals surface area (Å²) in [5.74, 6) is -0.747. The van der Waals surface area contributed by atoms with E-state index in [0.717, 1.165) is 18.0 Å². The van der Waals surface area contributed by atoms with E-state index in [1.165, 1.54) is 11.3 Å². The summed E-state index contributed by atoms with van der Waals surface area (Å²) in [4.78, 5) is 25.5. The highest BCUT2D eigenvalue weighted by atomic mass is 32.1. The van der Waals surface area contributed by atoms with E-state index in [1.807, 2.05) is 13.8 Å². The lowest BCUT2D eigenvalue weighted by molar-refractivity contribution is -0.130. The van der Waals surface area contributed by atoms with Crippen LogP contribution >= 0.6 is 11.3 Å².